The molecule has 112 valence electrons. The predicted octanol–water partition coefficient (Wildman–Crippen LogP) is 2.63. The van der Waals surface area contributed by atoms with E-state index < -0.39 is 0 Å². The Morgan fingerprint density at radius 1 is 1.24 bits per heavy atom. The van der Waals surface area contributed by atoms with Gasteiger partial charge < -0.3 is 20.3 Å². The van der Waals surface area contributed by atoms with Gasteiger partial charge in [-0.3, -0.25) is 4.79 Å². The van der Waals surface area contributed by atoms with Gasteiger partial charge in [-0.15, -0.1) is 0 Å². The number of piperidine rings is 1. The zero-order valence-corrected chi connectivity index (χ0v) is 11.8. The summed E-state index contributed by atoms with van der Waals surface area (Å²) in [6.45, 7) is 1.08. The van der Waals surface area contributed by atoms with E-state index in [0.717, 1.165) is 5.56 Å². The van der Waals surface area contributed by atoms with Crippen LogP contribution in [0.15, 0.2) is 35.4 Å². The van der Waals surface area contributed by atoms with Crippen molar-refractivity contribution in [2.24, 2.45) is 11.0 Å². The topological polar surface area (TPSA) is 81.3 Å². The van der Waals surface area contributed by atoms with Crippen LogP contribution in [0.4, 0.5) is 4.79 Å². The molecule has 1 aliphatic rings. The molecule has 0 aliphatic carbocycles. The van der Waals surface area contributed by atoms with Crippen molar-refractivity contribution in [3.63, 3.8) is 0 Å². The highest BCUT2D eigenvalue weighted by atomic mass is 16.6. The van der Waals surface area contributed by atoms with Gasteiger partial charge in [-0.1, -0.05) is 30.3 Å². The Labute approximate surface area is 123 Å². The molecule has 1 heterocycles. The number of amides is 1. The second-order valence-electron chi connectivity index (χ2n) is 5.07. The molecule has 1 amide bonds. The fourth-order valence-corrected chi connectivity index (χ4v) is 2.39. The number of nitrogens with zero attached hydrogens (tertiary/aromatic N) is 3. The van der Waals surface area contributed by atoms with Crippen LogP contribution in [0.1, 0.15) is 18.4 Å². The van der Waals surface area contributed by atoms with E-state index in [1.165, 1.54) is 0 Å². The molecule has 0 spiro atoms. The Balaban J connectivity index is 1.75. The highest BCUT2D eigenvalue weighted by molar-refractivity contribution is 5.83. The maximum absolute atomic E-state index is 11.9. The molecule has 1 aromatic rings. The van der Waals surface area contributed by atoms with Gasteiger partial charge in [0.25, 0.3) is 0 Å². The Morgan fingerprint density at radius 3 is 2.52 bits per heavy atom. The smallest absolute Gasteiger partial charge is 0.410 e. The van der Waals surface area contributed by atoms with Crippen molar-refractivity contribution < 1.29 is 14.3 Å². The standard InChI is InChI=1S/C15H18N3O3/c16-17-10-14(19)13-6-8-18(9-7-13)15(20)21-11-12-4-2-1-3-5-12/h1-5,13H,6-11H2/q-1. The van der Waals surface area contributed by atoms with Crippen LogP contribution in [-0.4, -0.2) is 36.4 Å². The van der Waals surface area contributed by atoms with Crippen LogP contribution in [0.2, 0.25) is 0 Å². The lowest BCUT2D eigenvalue weighted by Gasteiger charge is -2.30. The molecule has 1 saturated heterocycles. The van der Waals surface area contributed by atoms with Gasteiger partial charge in [-0.2, -0.15) is 0 Å². The number of Topliss-reactive ketones (excluding diaryl/α,β-unsaturated/α-hetero) is 1. The Kier molecular flexibility index (Phi) is 5.43. The van der Waals surface area contributed by atoms with Crippen LogP contribution in [0.25, 0.3) is 5.53 Å². The minimum absolute atomic E-state index is 0.0743. The van der Waals surface area contributed by atoms with Gasteiger partial charge in [0.15, 0.2) is 5.78 Å². The fraction of sp³-hybridized carbons (Fsp3) is 0.467. The van der Waals surface area contributed by atoms with Crippen molar-refractivity contribution in [2.45, 2.75) is 19.4 Å². The lowest BCUT2D eigenvalue weighted by atomic mass is 9.93. The van der Waals surface area contributed by atoms with Crippen LogP contribution >= 0.6 is 0 Å². The number of rotatable bonds is 5. The summed E-state index contributed by atoms with van der Waals surface area (Å²) in [6, 6.07) is 9.50. The van der Waals surface area contributed by atoms with Crippen LogP contribution in [0.5, 0.6) is 0 Å². The number of benzene rings is 1. The first-order valence-corrected chi connectivity index (χ1v) is 7.00. The van der Waals surface area contributed by atoms with E-state index in [0.29, 0.717) is 25.9 Å². The van der Waals surface area contributed by atoms with Crippen molar-refractivity contribution in [2.75, 3.05) is 19.6 Å². The second kappa shape index (κ2) is 7.52. The molecule has 6 nitrogen and oxygen atoms in total. The molecule has 2 rings (SSSR count). The third-order valence-electron chi connectivity index (χ3n) is 3.64. The van der Waals surface area contributed by atoms with Gasteiger partial charge in [-0.25, -0.2) is 4.79 Å². The number of likely N-dealkylation sites (tertiary alicyclic amines) is 1. The summed E-state index contributed by atoms with van der Waals surface area (Å²) in [5.41, 5.74) is 9.35. The SMILES string of the molecule is [N-]=NCC(=O)C1CCN(C(=O)OCc2ccccc2)CC1. The quantitative estimate of drug-likeness (QED) is 0.781. The first kappa shape index (κ1) is 15.2. The first-order chi connectivity index (χ1) is 10.2. The van der Waals surface area contributed by atoms with E-state index >= 15 is 0 Å². The van der Waals surface area contributed by atoms with Crippen LogP contribution in [0.3, 0.4) is 0 Å². The minimum Gasteiger partial charge on any atom is -0.712 e. The summed E-state index contributed by atoms with van der Waals surface area (Å²) in [6.07, 6.45) is 0.834. The zero-order valence-electron chi connectivity index (χ0n) is 11.8. The predicted molar refractivity (Wildman–Crippen MR) is 76.6 cm³/mol. The van der Waals surface area contributed by atoms with E-state index in [2.05, 4.69) is 5.11 Å². The maximum atomic E-state index is 11.9. The molecule has 6 heteroatoms. The molecule has 21 heavy (non-hydrogen) atoms. The van der Waals surface area contributed by atoms with Crippen molar-refractivity contribution in [1.82, 2.24) is 4.90 Å². The molecular formula is C15H18N3O3-. The van der Waals surface area contributed by atoms with Gasteiger partial charge in [0, 0.05) is 19.0 Å². The average Bonchev–Trinajstić information content (AvgIpc) is 2.54. The second-order valence-corrected chi connectivity index (χ2v) is 5.07. The van der Waals surface area contributed by atoms with Crippen molar-refractivity contribution >= 4 is 11.9 Å². The van der Waals surface area contributed by atoms with Gasteiger partial charge in [0.1, 0.15) is 6.61 Å². The van der Waals surface area contributed by atoms with E-state index in [4.69, 9.17) is 10.3 Å². The van der Waals surface area contributed by atoms with Gasteiger partial charge in [-0.05, 0) is 18.4 Å². The molecule has 0 unspecified atom stereocenters. The number of ketones is 1. The molecule has 1 aliphatic heterocycles. The monoisotopic (exact) mass is 288 g/mol. The molecule has 1 fully saturated rings. The lowest BCUT2D eigenvalue weighted by molar-refractivity contribution is -0.122. The molecular weight excluding hydrogens is 270 g/mol. The zero-order chi connectivity index (χ0) is 15.1. The summed E-state index contributed by atoms with van der Waals surface area (Å²) < 4.78 is 5.25. The van der Waals surface area contributed by atoms with Crippen molar-refractivity contribution in [1.29, 1.82) is 0 Å². The fourth-order valence-electron chi connectivity index (χ4n) is 2.39. The third-order valence-corrected chi connectivity index (χ3v) is 3.64. The number of hydrogen-bond acceptors (Lipinski definition) is 4. The van der Waals surface area contributed by atoms with Gasteiger partial charge in [0.2, 0.25) is 0 Å². The van der Waals surface area contributed by atoms with E-state index in [9.17, 15) is 9.59 Å². The maximum Gasteiger partial charge on any atom is 0.410 e. The largest absolute Gasteiger partial charge is 0.712 e. The van der Waals surface area contributed by atoms with Crippen LogP contribution < -0.4 is 0 Å². The normalized spacial score (nSPS) is 15.5. The number of carbonyl (C=O) groups excluding carboxylic acids is 2. The lowest BCUT2D eigenvalue weighted by Crippen LogP contribution is -2.40. The average molecular weight is 288 g/mol. The van der Waals surface area contributed by atoms with Crippen molar-refractivity contribution in [3.05, 3.63) is 41.4 Å². The molecule has 0 radical (unpaired) electrons. The van der Waals surface area contributed by atoms with E-state index in [1.807, 2.05) is 30.3 Å². The Bertz CT molecular complexity index is 496. The van der Waals surface area contributed by atoms with Gasteiger partial charge in [0.05, 0.1) is 6.54 Å². The molecule has 0 aromatic heterocycles. The Morgan fingerprint density at radius 2 is 1.90 bits per heavy atom. The van der Waals surface area contributed by atoms with Gasteiger partial charge >= 0.3 is 6.09 Å². The number of hydrogen-bond donors (Lipinski definition) is 0. The highest BCUT2D eigenvalue weighted by Gasteiger charge is 2.27. The van der Waals surface area contributed by atoms with Crippen LogP contribution in [-0.2, 0) is 16.1 Å². The summed E-state index contributed by atoms with van der Waals surface area (Å²) in [5, 5.41) is 2.87. The van der Waals surface area contributed by atoms with Crippen molar-refractivity contribution in [3.8, 4) is 0 Å². The van der Waals surface area contributed by atoms with E-state index in [-0.39, 0.29) is 30.9 Å². The van der Waals surface area contributed by atoms with E-state index in [1.54, 1.807) is 4.90 Å². The number of carbonyl (C=O) groups is 2. The molecule has 0 atom stereocenters. The van der Waals surface area contributed by atoms with Crippen LogP contribution in [0, 0.1) is 5.92 Å². The summed E-state index contributed by atoms with van der Waals surface area (Å²) in [4.78, 5) is 25.1. The summed E-state index contributed by atoms with van der Waals surface area (Å²) in [7, 11) is 0. The molecule has 0 bridgehead atoms. The molecule has 0 saturated carbocycles. The Hall–Kier alpha value is -2.24. The minimum atomic E-state index is -0.350. The third kappa shape index (κ3) is 4.37. The number of ether oxygens (including phenoxy) is 1. The molecule has 0 N–H and O–H groups in total. The summed E-state index contributed by atoms with van der Waals surface area (Å²) in [5.74, 6) is -0.200. The highest BCUT2D eigenvalue weighted by Crippen LogP contribution is 2.19. The first-order valence-electron chi connectivity index (χ1n) is 7.00. The summed E-state index contributed by atoms with van der Waals surface area (Å²) >= 11 is 0. The molecule has 1 aromatic carbocycles.